The molecule has 4 nitrogen and oxygen atoms in total. The summed E-state index contributed by atoms with van der Waals surface area (Å²) in [6.07, 6.45) is 0.904. The average molecular weight is 289 g/mol. The van der Waals surface area contributed by atoms with Crippen LogP contribution >= 0.6 is 0 Å². The molecule has 1 amide bonds. The average Bonchev–Trinajstić information content (AvgIpc) is 3.22. The van der Waals surface area contributed by atoms with E-state index in [9.17, 15) is 4.79 Å². The number of nitrogens with one attached hydrogen (secondary N) is 1. The van der Waals surface area contributed by atoms with Crippen LogP contribution in [-0.4, -0.2) is 22.6 Å². The number of rotatable bonds is 2. The number of nitrogens with zero attached hydrogens (tertiary/aromatic N) is 2. The molecule has 0 bridgehead atoms. The fraction of sp³-hybridized carbons (Fsp3) is 0.111. The number of benzene rings is 2. The van der Waals surface area contributed by atoms with Crippen molar-refractivity contribution in [1.82, 2.24) is 10.2 Å². The van der Waals surface area contributed by atoms with Crippen LogP contribution in [0.2, 0.25) is 0 Å². The van der Waals surface area contributed by atoms with Crippen molar-refractivity contribution in [1.29, 1.82) is 0 Å². The van der Waals surface area contributed by atoms with Gasteiger partial charge in [-0.2, -0.15) is 5.10 Å². The van der Waals surface area contributed by atoms with E-state index in [-0.39, 0.29) is 5.91 Å². The maximum Gasteiger partial charge on any atom is 0.276 e. The Morgan fingerprint density at radius 1 is 1.05 bits per heavy atom. The predicted octanol–water partition coefficient (Wildman–Crippen LogP) is 3.28. The highest BCUT2D eigenvalue weighted by molar-refractivity contribution is 6.06. The zero-order valence-electron chi connectivity index (χ0n) is 12.0. The third-order valence-corrected chi connectivity index (χ3v) is 4.01. The Morgan fingerprint density at radius 3 is 2.68 bits per heavy atom. The van der Waals surface area contributed by atoms with E-state index in [0.717, 1.165) is 29.9 Å². The molecule has 1 aliphatic rings. The number of hydrogen-bond acceptors (Lipinski definition) is 2. The largest absolute Gasteiger partial charge is 0.306 e. The van der Waals surface area contributed by atoms with Gasteiger partial charge in [0.1, 0.15) is 5.69 Å². The normalized spacial score (nSPS) is 13.2. The molecule has 0 saturated carbocycles. The Kier molecular flexibility index (Phi) is 3.00. The van der Waals surface area contributed by atoms with Crippen molar-refractivity contribution >= 4 is 11.6 Å². The number of para-hydroxylation sites is 1. The lowest BCUT2D eigenvalue weighted by Gasteiger charge is -2.15. The summed E-state index contributed by atoms with van der Waals surface area (Å²) in [4.78, 5) is 14.5. The van der Waals surface area contributed by atoms with Crippen LogP contribution in [0.1, 0.15) is 16.1 Å². The number of carbonyl (C=O) groups is 1. The lowest BCUT2D eigenvalue weighted by molar-refractivity contribution is 0.0984. The Morgan fingerprint density at radius 2 is 1.82 bits per heavy atom. The highest BCUT2D eigenvalue weighted by atomic mass is 16.2. The molecule has 1 aliphatic heterocycles. The van der Waals surface area contributed by atoms with E-state index in [4.69, 9.17) is 0 Å². The number of hydrogen-bond donors (Lipinski definition) is 1. The predicted molar refractivity (Wildman–Crippen MR) is 85.8 cm³/mol. The van der Waals surface area contributed by atoms with Gasteiger partial charge in [0.25, 0.3) is 5.91 Å². The second-order valence-corrected chi connectivity index (χ2v) is 5.37. The summed E-state index contributed by atoms with van der Waals surface area (Å²) in [6, 6.07) is 19.7. The molecule has 0 saturated heterocycles. The van der Waals surface area contributed by atoms with Crippen LogP contribution in [0.4, 0.5) is 5.69 Å². The van der Waals surface area contributed by atoms with Crippen molar-refractivity contribution in [3.63, 3.8) is 0 Å². The van der Waals surface area contributed by atoms with Gasteiger partial charge in [-0.25, -0.2) is 0 Å². The summed E-state index contributed by atoms with van der Waals surface area (Å²) in [6.45, 7) is 0.720. The Hall–Kier alpha value is -2.88. The van der Waals surface area contributed by atoms with Crippen molar-refractivity contribution < 1.29 is 4.79 Å². The second-order valence-electron chi connectivity index (χ2n) is 5.37. The van der Waals surface area contributed by atoms with Gasteiger partial charge in [0.05, 0.1) is 5.69 Å². The van der Waals surface area contributed by atoms with Gasteiger partial charge in [-0.15, -0.1) is 0 Å². The topological polar surface area (TPSA) is 49.0 Å². The number of fused-ring (bicyclic) bond motifs is 1. The molecule has 0 radical (unpaired) electrons. The Bertz CT molecular complexity index is 823. The fourth-order valence-corrected chi connectivity index (χ4v) is 2.88. The molecule has 2 aromatic carbocycles. The molecule has 1 N–H and O–H groups in total. The van der Waals surface area contributed by atoms with Crippen molar-refractivity contribution in [2.24, 2.45) is 0 Å². The van der Waals surface area contributed by atoms with Crippen LogP contribution in [0.5, 0.6) is 0 Å². The second kappa shape index (κ2) is 5.15. The van der Waals surface area contributed by atoms with E-state index < -0.39 is 0 Å². The molecule has 0 aliphatic carbocycles. The first kappa shape index (κ1) is 12.8. The molecule has 4 rings (SSSR count). The SMILES string of the molecule is O=C(c1cc(-c2ccccc2)n[nH]1)N1CCc2ccccc21. The minimum absolute atomic E-state index is 0.0281. The molecule has 0 atom stereocenters. The third kappa shape index (κ3) is 2.09. The molecular weight excluding hydrogens is 274 g/mol. The van der Waals surface area contributed by atoms with Crippen LogP contribution in [0.3, 0.4) is 0 Å². The molecular formula is C18H15N3O. The highest BCUT2D eigenvalue weighted by Crippen LogP contribution is 2.29. The number of anilines is 1. The Labute approximate surface area is 128 Å². The lowest BCUT2D eigenvalue weighted by atomic mass is 10.1. The fourth-order valence-electron chi connectivity index (χ4n) is 2.88. The van der Waals surface area contributed by atoms with Gasteiger partial charge < -0.3 is 4.90 Å². The minimum Gasteiger partial charge on any atom is -0.306 e. The lowest BCUT2D eigenvalue weighted by Crippen LogP contribution is -2.29. The van der Waals surface area contributed by atoms with Crippen molar-refractivity contribution in [2.45, 2.75) is 6.42 Å². The summed E-state index contributed by atoms with van der Waals surface area (Å²) in [7, 11) is 0. The zero-order valence-corrected chi connectivity index (χ0v) is 12.0. The minimum atomic E-state index is -0.0281. The van der Waals surface area contributed by atoms with E-state index >= 15 is 0 Å². The van der Waals surface area contributed by atoms with Crippen molar-refractivity contribution in [3.05, 3.63) is 71.9 Å². The molecule has 0 spiro atoms. The summed E-state index contributed by atoms with van der Waals surface area (Å²) >= 11 is 0. The maximum atomic E-state index is 12.7. The molecule has 1 aromatic heterocycles. The molecule has 2 heterocycles. The first-order valence-electron chi connectivity index (χ1n) is 7.33. The van der Waals surface area contributed by atoms with Gasteiger partial charge in [0, 0.05) is 17.8 Å². The quantitative estimate of drug-likeness (QED) is 0.787. The molecule has 22 heavy (non-hydrogen) atoms. The van der Waals surface area contributed by atoms with E-state index in [1.54, 1.807) is 0 Å². The maximum absolute atomic E-state index is 12.7. The van der Waals surface area contributed by atoms with Gasteiger partial charge in [-0.3, -0.25) is 9.89 Å². The number of H-pyrrole nitrogens is 1. The van der Waals surface area contributed by atoms with Crippen molar-refractivity contribution in [3.8, 4) is 11.3 Å². The van der Waals surface area contributed by atoms with Gasteiger partial charge in [-0.1, -0.05) is 48.5 Å². The van der Waals surface area contributed by atoms with E-state index in [1.165, 1.54) is 5.56 Å². The Balaban J connectivity index is 1.64. The van der Waals surface area contributed by atoms with Crippen LogP contribution in [0, 0.1) is 0 Å². The number of aromatic nitrogens is 2. The molecule has 0 fully saturated rings. The van der Waals surface area contributed by atoms with Gasteiger partial charge in [0.15, 0.2) is 0 Å². The third-order valence-electron chi connectivity index (χ3n) is 4.01. The van der Waals surface area contributed by atoms with Gasteiger partial charge in [0.2, 0.25) is 0 Å². The number of carbonyl (C=O) groups excluding carboxylic acids is 1. The molecule has 0 unspecified atom stereocenters. The van der Waals surface area contributed by atoms with E-state index in [2.05, 4.69) is 16.3 Å². The van der Waals surface area contributed by atoms with Gasteiger partial charge in [-0.05, 0) is 24.1 Å². The van der Waals surface area contributed by atoms with Crippen LogP contribution in [-0.2, 0) is 6.42 Å². The first-order valence-corrected chi connectivity index (χ1v) is 7.33. The molecule has 108 valence electrons. The monoisotopic (exact) mass is 289 g/mol. The number of amides is 1. The zero-order chi connectivity index (χ0) is 14.9. The summed E-state index contributed by atoms with van der Waals surface area (Å²) < 4.78 is 0. The summed E-state index contributed by atoms with van der Waals surface area (Å²) in [5, 5.41) is 7.13. The highest BCUT2D eigenvalue weighted by Gasteiger charge is 2.26. The standard InChI is InChI=1S/C18H15N3O/c22-18(21-11-10-14-8-4-5-9-17(14)21)16-12-15(19-20-16)13-6-2-1-3-7-13/h1-9,12H,10-11H2,(H,19,20). The van der Waals surface area contributed by atoms with Gasteiger partial charge >= 0.3 is 0 Å². The summed E-state index contributed by atoms with van der Waals surface area (Å²) in [5.74, 6) is -0.0281. The smallest absolute Gasteiger partial charge is 0.276 e. The van der Waals surface area contributed by atoms with Crippen LogP contribution in [0.15, 0.2) is 60.7 Å². The van der Waals surface area contributed by atoms with Crippen molar-refractivity contribution in [2.75, 3.05) is 11.4 Å². The first-order chi connectivity index (χ1) is 10.8. The summed E-state index contributed by atoms with van der Waals surface area (Å²) in [5.41, 5.74) is 4.54. The van der Waals surface area contributed by atoms with E-state index in [0.29, 0.717) is 5.69 Å². The number of aromatic amines is 1. The van der Waals surface area contributed by atoms with Crippen LogP contribution in [0.25, 0.3) is 11.3 Å². The molecule has 4 heteroatoms. The molecule has 3 aromatic rings. The van der Waals surface area contributed by atoms with Crippen LogP contribution < -0.4 is 4.90 Å². The van der Waals surface area contributed by atoms with E-state index in [1.807, 2.05) is 59.5 Å².